The van der Waals surface area contributed by atoms with Crippen LogP contribution >= 0.6 is 0 Å². The molecule has 0 amide bonds. The molecule has 2 saturated carbocycles. The molecule has 0 unspecified atom stereocenters. The lowest BCUT2D eigenvalue weighted by molar-refractivity contribution is 0.140. The monoisotopic (exact) mass is 188 g/mol. The molecular weight excluding hydrogens is 172 g/mol. The Kier molecular flexibility index (Phi) is 1.86. The minimum atomic E-state index is -0.414. The fourth-order valence-electron chi connectivity index (χ4n) is 2.58. The van der Waals surface area contributed by atoms with Crippen LogP contribution in [0.25, 0.3) is 0 Å². The number of hydrogen-bond donors (Lipinski definition) is 0. The van der Waals surface area contributed by atoms with Gasteiger partial charge in [-0.2, -0.15) is 10.5 Å². The molecule has 2 heteroatoms. The van der Waals surface area contributed by atoms with Gasteiger partial charge in [-0.3, -0.25) is 0 Å². The summed E-state index contributed by atoms with van der Waals surface area (Å²) in [6.45, 7) is 3.98. The third kappa shape index (κ3) is 1.07. The quantitative estimate of drug-likeness (QED) is 0.683. The third-order valence-electron chi connectivity index (χ3n) is 4.33. The van der Waals surface area contributed by atoms with E-state index in [9.17, 15) is 10.5 Å². The molecule has 2 fully saturated rings. The van der Waals surface area contributed by atoms with Crippen molar-refractivity contribution in [2.45, 2.75) is 39.5 Å². The van der Waals surface area contributed by atoms with Crippen LogP contribution in [-0.4, -0.2) is 0 Å². The molecule has 2 aliphatic rings. The van der Waals surface area contributed by atoms with Crippen LogP contribution in [0.5, 0.6) is 0 Å². The van der Waals surface area contributed by atoms with Crippen LogP contribution in [0.3, 0.4) is 0 Å². The van der Waals surface area contributed by atoms with Crippen molar-refractivity contribution in [3.05, 3.63) is 0 Å². The molecule has 0 saturated heterocycles. The fraction of sp³-hybridized carbons (Fsp3) is 0.833. The topological polar surface area (TPSA) is 47.6 Å². The Balaban J connectivity index is 2.33. The van der Waals surface area contributed by atoms with E-state index in [1.165, 1.54) is 0 Å². The summed E-state index contributed by atoms with van der Waals surface area (Å²) >= 11 is 0. The zero-order chi connectivity index (χ0) is 10.4. The molecule has 0 aromatic heterocycles. The molecule has 2 aliphatic carbocycles. The lowest BCUT2D eigenvalue weighted by Gasteiger charge is -2.37. The molecule has 0 heterocycles. The van der Waals surface area contributed by atoms with Crippen LogP contribution in [0.4, 0.5) is 0 Å². The normalized spacial score (nSPS) is 29.4. The number of nitriles is 2. The largest absolute Gasteiger partial charge is 0.198 e. The molecule has 2 nitrogen and oxygen atoms in total. The van der Waals surface area contributed by atoms with E-state index in [1.807, 2.05) is 13.8 Å². The zero-order valence-corrected chi connectivity index (χ0v) is 8.88. The summed E-state index contributed by atoms with van der Waals surface area (Å²) < 4.78 is 0. The van der Waals surface area contributed by atoms with Gasteiger partial charge in [-0.1, -0.05) is 0 Å². The first-order valence-corrected chi connectivity index (χ1v) is 5.41. The van der Waals surface area contributed by atoms with Crippen molar-refractivity contribution in [2.75, 3.05) is 0 Å². The van der Waals surface area contributed by atoms with E-state index in [4.69, 9.17) is 0 Å². The van der Waals surface area contributed by atoms with Gasteiger partial charge in [-0.15, -0.1) is 0 Å². The first-order chi connectivity index (χ1) is 6.58. The summed E-state index contributed by atoms with van der Waals surface area (Å²) in [6, 6.07) is 4.86. The van der Waals surface area contributed by atoms with Crippen molar-refractivity contribution < 1.29 is 0 Å². The van der Waals surface area contributed by atoms with E-state index in [-0.39, 0.29) is 0 Å². The molecule has 2 rings (SSSR count). The highest BCUT2D eigenvalue weighted by Gasteiger charge is 2.60. The maximum atomic E-state index is 9.34. The van der Waals surface area contributed by atoms with Crippen molar-refractivity contribution >= 4 is 0 Å². The molecule has 14 heavy (non-hydrogen) atoms. The highest BCUT2D eigenvalue weighted by Crippen LogP contribution is 2.62. The summed E-state index contributed by atoms with van der Waals surface area (Å²) in [4.78, 5) is 0. The number of rotatable bonds is 3. The number of hydrogen-bond acceptors (Lipinski definition) is 2. The molecule has 0 bridgehead atoms. The molecule has 74 valence electrons. The second-order valence-electron chi connectivity index (χ2n) is 5.18. The maximum absolute atomic E-state index is 9.34. The lowest BCUT2D eigenvalue weighted by atomic mass is 9.61. The van der Waals surface area contributed by atoms with Gasteiger partial charge < -0.3 is 0 Å². The van der Waals surface area contributed by atoms with Crippen molar-refractivity contribution in [1.82, 2.24) is 0 Å². The molecular formula is C12H16N2. The van der Waals surface area contributed by atoms with Crippen molar-refractivity contribution in [3.8, 4) is 12.1 Å². The summed E-state index contributed by atoms with van der Waals surface area (Å²) in [7, 11) is 0. The summed E-state index contributed by atoms with van der Waals surface area (Å²) in [5, 5.41) is 18.7. The van der Waals surface area contributed by atoms with Gasteiger partial charge in [0.1, 0.15) is 0 Å². The van der Waals surface area contributed by atoms with Gasteiger partial charge in [0.2, 0.25) is 0 Å². The zero-order valence-electron chi connectivity index (χ0n) is 8.88. The van der Waals surface area contributed by atoms with Crippen LogP contribution in [0.2, 0.25) is 0 Å². The highest BCUT2D eigenvalue weighted by molar-refractivity contribution is 5.23. The predicted molar refractivity (Wildman–Crippen MR) is 52.9 cm³/mol. The lowest BCUT2D eigenvalue weighted by Crippen LogP contribution is -2.39. The van der Waals surface area contributed by atoms with Gasteiger partial charge in [0.15, 0.2) is 0 Å². The maximum Gasteiger partial charge on any atom is 0.0759 e. The van der Waals surface area contributed by atoms with Crippen molar-refractivity contribution in [1.29, 1.82) is 10.5 Å². The highest BCUT2D eigenvalue weighted by atomic mass is 14.6. The van der Waals surface area contributed by atoms with E-state index in [0.717, 1.165) is 25.7 Å². The van der Waals surface area contributed by atoms with Gasteiger partial charge in [0.05, 0.1) is 23.0 Å². The first kappa shape index (κ1) is 9.53. The van der Waals surface area contributed by atoms with Gasteiger partial charge in [0, 0.05) is 0 Å². The summed E-state index contributed by atoms with van der Waals surface area (Å²) in [6.07, 6.45) is 4.53. The Morgan fingerprint density at radius 3 is 1.29 bits per heavy atom. The molecule has 0 aromatic carbocycles. The minimum absolute atomic E-state index is 0.414. The Morgan fingerprint density at radius 2 is 1.14 bits per heavy atom. The Labute approximate surface area is 85.5 Å². The standard InChI is InChI=1S/C12H16N2/c1-11(7-13,9-3-4-9)12(2,8-14)10-5-6-10/h9-10H,3-6H2,1-2H3/t11-,12-/m0/s1. The smallest absolute Gasteiger partial charge is 0.0759 e. The van der Waals surface area contributed by atoms with Crippen LogP contribution < -0.4 is 0 Å². The second kappa shape index (κ2) is 2.74. The molecule has 0 aliphatic heterocycles. The molecule has 0 radical (unpaired) electrons. The van der Waals surface area contributed by atoms with E-state index < -0.39 is 10.8 Å². The molecule has 2 atom stereocenters. The first-order valence-electron chi connectivity index (χ1n) is 5.41. The van der Waals surface area contributed by atoms with E-state index >= 15 is 0 Å². The van der Waals surface area contributed by atoms with E-state index in [0.29, 0.717) is 11.8 Å². The Bertz CT molecular complexity index is 293. The van der Waals surface area contributed by atoms with Crippen LogP contribution in [-0.2, 0) is 0 Å². The predicted octanol–water partition coefficient (Wildman–Crippen LogP) is 2.87. The summed E-state index contributed by atoms with van der Waals surface area (Å²) in [5.74, 6) is 0.940. The average Bonchev–Trinajstić information content (AvgIpc) is 3.06. The molecule has 0 N–H and O–H groups in total. The average molecular weight is 188 g/mol. The van der Waals surface area contributed by atoms with Crippen LogP contribution in [0, 0.1) is 45.3 Å². The van der Waals surface area contributed by atoms with Gasteiger partial charge in [-0.05, 0) is 51.4 Å². The minimum Gasteiger partial charge on any atom is -0.198 e. The van der Waals surface area contributed by atoms with E-state index in [2.05, 4.69) is 12.1 Å². The van der Waals surface area contributed by atoms with Crippen LogP contribution in [0.1, 0.15) is 39.5 Å². The Morgan fingerprint density at radius 1 is 0.857 bits per heavy atom. The third-order valence-corrected chi connectivity index (χ3v) is 4.33. The van der Waals surface area contributed by atoms with Gasteiger partial charge in [-0.25, -0.2) is 0 Å². The van der Waals surface area contributed by atoms with Crippen molar-refractivity contribution in [3.63, 3.8) is 0 Å². The van der Waals surface area contributed by atoms with E-state index in [1.54, 1.807) is 0 Å². The molecule has 0 aromatic rings. The Hall–Kier alpha value is -1.02. The fourth-order valence-corrected chi connectivity index (χ4v) is 2.58. The van der Waals surface area contributed by atoms with Crippen molar-refractivity contribution in [2.24, 2.45) is 22.7 Å². The van der Waals surface area contributed by atoms with Crippen LogP contribution in [0.15, 0.2) is 0 Å². The number of nitrogens with zero attached hydrogens (tertiary/aromatic N) is 2. The van der Waals surface area contributed by atoms with Gasteiger partial charge >= 0.3 is 0 Å². The second-order valence-corrected chi connectivity index (χ2v) is 5.18. The molecule has 0 spiro atoms. The SMILES string of the molecule is C[C@](C#N)(C1CC1)[C@@](C)(C#N)C1CC1. The summed E-state index contributed by atoms with van der Waals surface area (Å²) in [5.41, 5.74) is -0.828. The van der Waals surface area contributed by atoms with Gasteiger partial charge in [0.25, 0.3) is 0 Å².